The standard InChI is InChI=1S/C12H9N3O4/c13-12-10(2-1-3-11(12)15(18)19)8-4-6-9(7-5-8)14(16)17/h1-7H,13H2. The Morgan fingerprint density at radius 3 is 2.05 bits per heavy atom. The molecule has 0 fully saturated rings. The third-order valence-electron chi connectivity index (χ3n) is 2.67. The van der Waals surface area contributed by atoms with Gasteiger partial charge in [-0.3, -0.25) is 20.2 Å². The molecule has 0 aliphatic heterocycles. The molecule has 2 rings (SSSR count). The van der Waals surface area contributed by atoms with Gasteiger partial charge in [-0.2, -0.15) is 0 Å². The number of anilines is 1. The predicted molar refractivity (Wildman–Crippen MR) is 69.6 cm³/mol. The van der Waals surface area contributed by atoms with E-state index in [1.807, 2.05) is 0 Å². The number of para-hydroxylation sites is 1. The zero-order valence-corrected chi connectivity index (χ0v) is 9.65. The summed E-state index contributed by atoms with van der Waals surface area (Å²) >= 11 is 0. The molecule has 2 aromatic rings. The van der Waals surface area contributed by atoms with Crippen molar-refractivity contribution in [3.05, 3.63) is 62.7 Å². The molecule has 0 heterocycles. The second kappa shape index (κ2) is 4.73. The largest absolute Gasteiger partial charge is 0.393 e. The lowest BCUT2D eigenvalue weighted by Gasteiger charge is -2.05. The minimum Gasteiger partial charge on any atom is -0.393 e. The number of nitrogen functional groups attached to an aromatic ring is 1. The quantitative estimate of drug-likeness (QED) is 0.517. The molecule has 0 saturated carbocycles. The lowest BCUT2D eigenvalue weighted by molar-refractivity contribution is -0.384. The molecular weight excluding hydrogens is 250 g/mol. The van der Waals surface area contributed by atoms with E-state index in [4.69, 9.17) is 5.73 Å². The monoisotopic (exact) mass is 259 g/mol. The molecule has 96 valence electrons. The molecule has 0 bridgehead atoms. The van der Waals surface area contributed by atoms with E-state index in [1.165, 1.54) is 36.4 Å². The Labute approximate surface area is 107 Å². The summed E-state index contributed by atoms with van der Waals surface area (Å²) in [6, 6.07) is 10.1. The van der Waals surface area contributed by atoms with Crippen LogP contribution in [0.1, 0.15) is 0 Å². The Hall–Kier alpha value is -2.96. The van der Waals surface area contributed by atoms with E-state index in [2.05, 4.69) is 0 Å². The molecule has 0 saturated heterocycles. The van der Waals surface area contributed by atoms with Gasteiger partial charge in [-0.15, -0.1) is 0 Å². The van der Waals surface area contributed by atoms with Crippen LogP contribution in [0.4, 0.5) is 17.1 Å². The highest BCUT2D eigenvalue weighted by atomic mass is 16.6. The number of nitro benzene ring substituents is 2. The van der Waals surface area contributed by atoms with Crippen LogP contribution in [0.25, 0.3) is 11.1 Å². The number of hydrogen-bond donors (Lipinski definition) is 1. The number of rotatable bonds is 3. The second-order valence-corrected chi connectivity index (χ2v) is 3.80. The molecule has 2 aromatic carbocycles. The van der Waals surface area contributed by atoms with Gasteiger partial charge in [-0.05, 0) is 17.7 Å². The van der Waals surface area contributed by atoms with Crippen LogP contribution in [0.15, 0.2) is 42.5 Å². The molecule has 0 spiro atoms. The summed E-state index contributed by atoms with van der Waals surface area (Å²) in [7, 11) is 0. The van der Waals surface area contributed by atoms with Gasteiger partial charge in [0.05, 0.1) is 9.85 Å². The first kappa shape index (κ1) is 12.5. The molecule has 0 amide bonds. The van der Waals surface area contributed by atoms with E-state index in [0.29, 0.717) is 11.1 Å². The normalized spacial score (nSPS) is 10.1. The van der Waals surface area contributed by atoms with Gasteiger partial charge in [0.15, 0.2) is 0 Å². The van der Waals surface area contributed by atoms with Crippen molar-refractivity contribution >= 4 is 17.1 Å². The van der Waals surface area contributed by atoms with Gasteiger partial charge < -0.3 is 5.73 Å². The van der Waals surface area contributed by atoms with Gasteiger partial charge in [0.2, 0.25) is 0 Å². The number of benzene rings is 2. The van der Waals surface area contributed by atoms with Gasteiger partial charge in [-0.25, -0.2) is 0 Å². The Bertz CT molecular complexity index is 653. The van der Waals surface area contributed by atoms with Crippen molar-refractivity contribution in [1.29, 1.82) is 0 Å². The van der Waals surface area contributed by atoms with Gasteiger partial charge in [0.1, 0.15) is 5.69 Å². The number of nitrogens with zero attached hydrogens (tertiary/aromatic N) is 2. The highest BCUT2D eigenvalue weighted by Gasteiger charge is 2.15. The van der Waals surface area contributed by atoms with Gasteiger partial charge >= 0.3 is 0 Å². The Morgan fingerprint density at radius 1 is 0.895 bits per heavy atom. The van der Waals surface area contributed by atoms with Crippen molar-refractivity contribution in [3.63, 3.8) is 0 Å². The number of hydrogen-bond acceptors (Lipinski definition) is 5. The maximum absolute atomic E-state index is 10.8. The van der Waals surface area contributed by atoms with Crippen LogP contribution >= 0.6 is 0 Å². The van der Waals surface area contributed by atoms with E-state index in [-0.39, 0.29) is 17.1 Å². The first-order valence-electron chi connectivity index (χ1n) is 5.28. The summed E-state index contributed by atoms with van der Waals surface area (Å²) in [5.74, 6) is 0. The molecule has 0 aromatic heterocycles. The summed E-state index contributed by atoms with van der Waals surface area (Å²) in [5, 5.41) is 21.3. The van der Waals surface area contributed by atoms with Gasteiger partial charge in [0, 0.05) is 23.8 Å². The average molecular weight is 259 g/mol. The Balaban J connectivity index is 2.50. The number of nitrogens with two attached hydrogens (primary N) is 1. The van der Waals surface area contributed by atoms with Crippen molar-refractivity contribution in [2.75, 3.05) is 5.73 Å². The van der Waals surface area contributed by atoms with Crippen molar-refractivity contribution < 1.29 is 9.85 Å². The van der Waals surface area contributed by atoms with E-state index >= 15 is 0 Å². The lowest BCUT2D eigenvalue weighted by Crippen LogP contribution is -1.97. The van der Waals surface area contributed by atoms with Crippen LogP contribution in [-0.2, 0) is 0 Å². The SMILES string of the molecule is Nc1c(-c2ccc([N+](=O)[O-])cc2)cccc1[N+](=O)[O-]. The fraction of sp³-hybridized carbons (Fsp3) is 0. The molecule has 0 radical (unpaired) electrons. The summed E-state index contributed by atoms with van der Waals surface area (Å²) < 4.78 is 0. The molecule has 0 unspecified atom stereocenters. The zero-order chi connectivity index (χ0) is 14.0. The van der Waals surface area contributed by atoms with Crippen molar-refractivity contribution in [2.45, 2.75) is 0 Å². The first-order chi connectivity index (χ1) is 9.00. The van der Waals surface area contributed by atoms with E-state index in [1.54, 1.807) is 6.07 Å². The van der Waals surface area contributed by atoms with Crippen LogP contribution in [0.2, 0.25) is 0 Å². The molecule has 7 heteroatoms. The minimum absolute atomic E-state index is 0.0429. The number of nitro groups is 2. The summed E-state index contributed by atoms with van der Waals surface area (Å²) in [4.78, 5) is 20.3. The maximum Gasteiger partial charge on any atom is 0.292 e. The van der Waals surface area contributed by atoms with Crippen LogP contribution in [0.5, 0.6) is 0 Å². The Morgan fingerprint density at radius 2 is 1.53 bits per heavy atom. The van der Waals surface area contributed by atoms with Crippen LogP contribution in [0, 0.1) is 20.2 Å². The summed E-state index contributed by atoms with van der Waals surface area (Å²) in [6.45, 7) is 0. The predicted octanol–water partition coefficient (Wildman–Crippen LogP) is 2.75. The van der Waals surface area contributed by atoms with Crippen LogP contribution in [0.3, 0.4) is 0 Å². The van der Waals surface area contributed by atoms with Gasteiger partial charge in [-0.1, -0.05) is 12.1 Å². The average Bonchev–Trinajstić information content (AvgIpc) is 2.38. The first-order valence-corrected chi connectivity index (χ1v) is 5.28. The minimum atomic E-state index is -0.565. The second-order valence-electron chi connectivity index (χ2n) is 3.80. The molecule has 7 nitrogen and oxygen atoms in total. The highest BCUT2D eigenvalue weighted by Crippen LogP contribution is 2.33. The molecular formula is C12H9N3O4. The van der Waals surface area contributed by atoms with E-state index in [9.17, 15) is 20.2 Å². The maximum atomic E-state index is 10.8. The summed E-state index contributed by atoms with van der Waals surface area (Å²) in [6.07, 6.45) is 0. The highest BCUT2D eigenvalue weighted by molar-refractivity contribution is 5.82. The van der Waals surface area contributed by atoms with Crippen molar-refractivity contribution in [2.24, 2.45) is 0 Å². The van der Waals surface area contributed by atoms with E-state index < -0.39 is 9.85 Å². The van der Waals surface area contributed by atoms with Crippen LogP contribution < -0.4 is 5.73 Å². The Kier molecular flexibility index (Phi) is 3.11. The third kappa shape index (κ3) is 2.34. The molecule has 0 atom stereocenters. The smallest absolute Gasteiger partial charge is 0.292 e. The topological polar surface area (TPSA) is 112 Å². The summed E-state index contributed by atoms with van der Waals surface area (Å²) in [5.41, 5.74) is 6.61. The molecule has 19 heavy (non-hydrogen) atoms. The molecule has 0 aliphatic carbocycles. The van der Waals surface area contributed by atoms with Crippen molar-refractivity contribution in [3.8, 4) is 11.1 Å². The number of non-ortho nitro benzene ring substituents is 1. The zero-order valence-electron chi connectivity index (χ0n) is 9.65. The molecule has 0 aliphatic rings. The van der Waals surface area contributed by atoms with Gasteiger partial charge in [0.25, 0.3) is 11.4 Å². The lowest BCUT2D eigenvalue weighted by atomic mass is 10.0. The van der Waals surface area contributed by atoms with E-state index in [0.717, 1.165) is 0 Å². The third-order valence-corrected chi connectivity index (χ3v) is 2.67. The van der Waals surface area contributed by atoms with Crippen molar-refractivity contribution in [1.82, 2.24) is 0 Å². The fourth-order valence-electron chi connectivity index (χ4n) is 1.73. The fourth-order valence-corrected chi connectivity index (χ4v) is 1.73. The van der Waals surface area contributed by atoms with Crippen LogP contribution in [-0.4, -0.2) is 9.85 Å². The molecule has 2 N–H and O–H groups in total.